The molecule has 2 aromatic rings. The van der Waals surface area contributed by atoms with Crippen molar-refractivity contribution in [3.63, 3.8) is 0 Å². The first-order chi connectivity index (χ1) is 11.9. The molecule has 0 saturated carbocycles. The lowest BCUT2D eigenvalue weighted by Crippen LogP contribution is -3.12. The summed E-state index contributed by atoms with van der Waals surface area (Å²) in [4.78, 5) is 25.0. The number of amides is 1. The van der Waals surface area contributed by atoms with Gasteiger partial charge >= 0.3 is 0 Å². The van der Waals surface area contributed by atoms with Crippen LogP contribution in [0, 0.1) is 0 Å². The summed E-state index contributed by atoms with van der Waals surface area (Å²) >= 11 is 0. The Morgan fingerprint density at radius 2 is 1.84 bits per heavy atom. The van der Waals surface area contributed by atoms with Crippen LogP contribution in [0.2, 0.25) is 0 Å². The van der Waals surface area contributed by atoms with Gasteiger partial charge in [0.2, 0.25) is 0 Å². The second-order valence-electron chi connectivity index (χ2n) is 6.22. The van der Waals surface area contributed by atoms with E-state index in [1.165, 1.54) is 6.92 Å². The van der Waals surface area contributed by atoms with Gasteiger partial charge in [-0.2, -0.15) is 0 Å². The lowest BCUT2D eigenvalue weighted by Gasteiger charge is -2.21. The second-order valence-corrected chi connectivity index (χ2v) is 6.22. The Morgan fingerprint density at radius 1 is 1.16 bits per heavy atom. The largest absolute Gasteiger partial charge is 0.497 e. The van der Waals surface area contributed by atoms with Gasteiger partial charge in [0.25, 0.3) is 5.91 Å². The molecule has 0 radical (unpaired) electrons. The molecule has 0 spiro atoms. The molecule has 2 N–H and O–H groups in total. The summed E-state index contributed by atoms with van der Waals surface area (Å²) in [7, 11) is 3.63. The van der Waals surface area contributed by atoms with Crippen molar-refractivity contribution in [1.29, 1.82) is 0 Å². The molecular weight excluding hydrogens is 316 g/mol. The van der Waals surface area contributed by atoms with E-state index in [4.69, 9.17) is 4.74 Å². The average molecular weight is 341 g/mol. The van der Waals surface area contributed by atoms with E-state index in [0.29, 0.717) is 11.3 Å². The number of benzene rings is 2. The maximum atomic E-state index is 12.5. The second kappa shape index (κ2) is 8.44. The Morgan fingerprint density at radius 3 is 2.44 bits per heavy atom. The van der Waals surface area contributed by atoms with Gasteiger partial charge in [0, 0.05) is 16.8 Å². The molecule has 0 aliphatic rings. The number of rotatable bonds is 7. The first-order valence-electron chi connectivity index (χ1n) is 8.28. The highest BCUT2D eigenvalue weighted by atomic mass is 16.5. The zero-order valence-corrected chi connectivity index (χ0v) is 15.1. The van der Waals surface area contributed by atoms with Crippen LogP contribution in [0.25, 0.3) is 0 Å². The predicted molar refractivity (Wildman–Crippen MR) is 98.1 cm³/mol. The van der Waals surface area contributed by atoms with Crippen LogP contribution >= 0.6 is 0 Å². The van der Waals surface area contributed by atoms with E-state index in [1.807, 2.05) is 38.2 Å². The van der Waals surface area contributed by atoms with Crippen LogP contribution in [0.3, 0.4) is 0 Å². The van der Waals surface area contributed by atoms with E-state index in [-0.39, 0.29) is 17.7 Å². The lowest BCUT2D eigenvalue weighted by molar-refractivity contribution is -0.907. The number of quaternary nitrogens is 1. The molecule has 0 saturated heterocycles. The first-order valence-corrected chi connectivity index (χ1v) is 8.28. The van der Waals surface area contributed by atoms with Crippen molar-refractivity contribution in [2.45, 2.75) is 26.4 Å². The minimum Gasteiger partial charge on any atom is -0.497 e. The van der Waals surface area contributed by atoms with Gasteiger partial charge < -0.3 is 15.0 Å². The monoisotopic (exact) mass is 341 g/mol. The number of likely N-dealkylation sites (N-methyl/N-ethyl adjacent to an activating group) is 1. The van der Waals surface area contributed by atoms with E-state index in [2.05, 4.69) is 5.32 Å². The summed E-state index contributed by atoms with van der Waals surface area (Å²) in [6.45, 7) is 4.13. The van der Waals surface area contributed by atoms with Crippen molar-refractivity contribution >= 4 is 17.4 Å². The Hall–Kier alpha value is -2.66. The molecular formula is C20H25N2O3+. The Kier molecular flexibility index (Phi) is 6.31. The third kappa shape index (κ3) is 5.16. The molecule has 5 nitrogen and oxygen atoms in total. The highest BCUT2D eigenvalue weighted by Gasteiger charge is 2.22. The lowest BCUT2D eigenvalue weighted by atomic mass is 10.1. The minimum atomic E-state index is -0.233. The highest BCUT2D eigenvalue weighted by Crippen LogP contribution is 2.12. The molecule has 132 valence electrons. The van der Waals surface area contributed by atoms with Crippen LogP contribution in [0.5, 0.6) is 5.75 Å². The Labute approximate surface area is 148 Å². The van der Waals surface area contributed by atoms with Crippen LogP contribution in [0.1, 0.15) is 29.8 Å². The average Bonchev–Trinajstić information content (AvgIpc) is 2.61. The van der Waals surface area contributed by atoms with Crippen LogP contribution in [-0.4, -0.2) is 31.9 Å². The topological polar surface area (TPSA) is 59.8 Å². The van der Waals surface area contributed by atoms with Crippen LogP contribution in [0.4, 0.5) is 5.69 Å². The molecule has 25 heavy (non-hydrogen) atoms. The fraction of sp³-hybridized carbons (Fsp3) is 0.300. The zero-order valence-electron chi connectivity index (χ0n) is 15.1. The number of carbonyl (C=O) groups excluding carboxylic acids is 2. The highest BCUT2D eigenvalue weighted by molar-refractivity contribution is 5.97. The molecule has 2 atom stereocenters. The molecule has 0 bridgehead atoms. The van der Waals surface area contributed by atoms with Crippen molar-refractivity contribution < 1.29 is 19.2 Å². The van der Waals surface area contributed by atoms with Crippen molar-refractivity contribution in [3.05, 3.63) is 59.7 Å². The normalized spacial score (nSPS) is 13.0. The smallest absolute Gasteiger partial charge is 0.282 e. The number of nitrogens with one attached hydrogen (secondary N) is 2. The van der Waals surface area contributed by atoms with E-state index < -0.39 is 0 Å². The number of hydrogen-bond donors (Lipinski definition) is 2. The summed E-state index contributed by atoms with van der Waals surface area (Å²) in [5.41, 5.74) is 2.36. The summed E-state index contributed by atoms with van der Waals surface area (Å²) in [5, 5.41) is 2.89. The van der Waals surface area contributed by atoms with Crippen molar-refractivity contribution in [2.24, 2.45) is 0 Å². The number of anilines is 1. The Balaban J connectivity index is 1.98. The number of hydrogen-bond acceptors (Lipinski definition) is 3. The van der Waals surface area contributed by atoms with E-state index in [0.717, 1.165) is 22.8 Å². The molecule has 0 aliphatic heterocycles. The van der Waals surface area contributed by atoms with Crippen LogP contribution in [-0.2, 0) is 11.3 Å². The number of ether oxygens (including phenoxy) is 1. The molecule has 0 aliphatic carbocycles. The van der Waals surface area contributed by atoms with Crippen molar-refractivity contribution in [3.8, 4) is 5.75 Å². The van der Waals surface area contributed by atoms with Crippen LogP contribution in [0.15, 0.2) is 48.5 Å². The quantitative estimate of drug-likeness (QED) is 0.757. The van der Waals surface area contributed by atoms with E-state index in [9.17, 15) is 9.59 Å². The third-order valence-corrected chi connectivity index (χ3v) is 4.31. The van der Waals surface area contributed by atoms with Gasteiger partial charge in [0.15, 0.2) is 11.8 Å². The summed E-state index contributed by atoms with van der Waals surface area (Å²) in [6.07, 6.45) is 0. The van der Waals surface area contributed by atoms with Crippen molar-refractivity contribution in [1.82, 2.24) is 0 Å². The van der Waals surface area contributed by atoms with E-state index in [1.54, 1.807) is 31.4 Å². The third-order valence-electron chi connectivity index (χ3n) is 4.31. The number of ketones is 1. The van der Waals surface area contributed by atoms with Crippen LogP contribution < -0.4 is 15.0 Å². The van der Waals surface area contributed by atoms with Gasteiger partial charge in [-0.3, -0.25) is 9.59 Å². The molecule has 2 aromatic carbocycles. The zero-order chi connectivity index (χ0) is 18.4. The van der Waals surface area contributed by atoms with Gasteiger partial charge in [-0.05, 0) is 50.2 Å². The molecule has 2 rings (SSSR count). The SMILES string of the molecule is COc1ccc(C[NH+](C)[C@H](C)C(=O)Nc2cccc(C(C)=O)c2)cc1. The van der Waals surface area contributed by atoms with Gasteiger partial charge in [0.1, 0.15) is 12.3 Å². The predicted octanol–water partition coefficient (Wildman–Crippen LogP) is 1.94. The molecule has 1 unspecified atom stereocenters. The summed E-state index contributed by atoms with van der Waals surface area (Å²) in [6, 6.07) is 14.6. The maximum absolute atomic E-state index is 12.5. The number of methoxy groups -OCH3 is 1. The number of Topliss-reactive ketones (excluding diaryl/α,β-unsaturated/α-hetero) is 1. The standard InChI is InChI=1S/C20H24N2O3/c1-14(22(3)13-16-8-10-19(25-4)11-9-16)20(24)21-18-7-5-6-17(12-18)15(2)23/h5-12,14H,13H2,1-4H3,(H,21,24)/p+1/t14-/m1/s1. The van der Waals surface area contributed by atoms with E-state index >= 15 is 0 Å². The van der Waals surface area contributed by atoms with Gasteiger partial charge in [-0.15, -0.1) is 0 Å². The molecule has 1 amide bonds. The summed E-state index contributed by atoms with van der Waals surface area (Å²) < 4.78 is 5.16. The number of carbonyl (C=O) groups is 2. The minimum absolute atomic E-state index is 0.0219. The van der Waals surface area contributed by atoms with Gasteiger partial charge in [-0.1, -0.05) is 12.1 Å². The molecule has 0 aromatic heterocycles. The molecule has 5 heteroatoms. The van der Waals surface area contributed by atoms with Gasteiger partial charge in [-0.25, -0.2) is 0 Å². The summed E-state index contributed by atoms with van der Waals surface area (Å²) in [5.74, 6) is 0.718. The fourth-order valence-electron chi connectivity index (χ4n) is 2.51. The molecule has 0 fully saturated rings. The first kappa shape index (κ1) is 18.7. The Bertz CT molecular complexity index is 741. The van der Waals surface area contributed by atoms with Gasteiger partial charge in [0.05, 0.1) is 14.2 Å². The van der Waals surface area contributed by atoms with Crippen molar-refractivity contribution in [2.75, 3.05) is 19.5 Å². The fourth-order valence-corrected chi connectivity index (χ4v) is 2.51. The maximum Gasteiger partial charge on any atom is 0.282 e. The molecule has 0 heterocycles.